The number of esters is 1. The summed E-state index contributed by atoms with van der Waals surface area (Å²) in [6.45, 7) is 7.81. The fourth-order valence-electron chi connectivity index (χ4n) is 3.86. The molecule has 1 aromatic carbocycles. The van der Waals surface area contributed by atoms with Crippen molar-refractivity contribution in [2.75, 3.05) is 13.7 Å². The minimum atomic E-state index is -0.815. The molecule has 0 radical (unpaired) electrons. The highest BCUT2D eigenvalue weighted by Gasteiger charge is 2.38. The molecule has 1 N–H and O–H groups in total. The van der Waals surface area contributed by atoms with Crippen molar-refractivity contribution in [1.82, 2.24) is 10.2 Å². The zero-order valence-corrected chi connectivity index (χ0v) is 18.6. The second-order valence-electron chi connectivity index (χ2n) is 8.83. The van der Waals surface area contributed by atoms with Crippen LogP contribution in [0.25, 0.3) is 0 Å². The molecule has 1 heterocycles. The van der Waals surface area contributed by atoms with Crippen LogP contribution in [0, 0.1) is 5.92 Å². The summed E-state index contributed by atoms with van der Waals surface area (Å²) in [5.41, 5.74) is 0.263. The zero-order valence-electron chi connectivity index (χ0n) is 18.6. The maximum absolute atomic E-state index is 13.1. The Hall–Kier alpha value is -2.41. The number of hydrogen-bond donors (Lipinski definition) is 1. The molecule has 4 unspecified atom stereocenters. The normalized spacial score (nSPS) is 19.6. The van der Waals surface area contributed by atoms with Crippen molar-refractivity contribution in [2.45, 2.75) is 70.7 Å². The minimum absolute atomic E-state index is 0.151. The number of methoxy groups -OCH3 is 1. The smallest absolute Gasteiger partial charge is 0.329 e. The van der Waals surface area contributed by atoms with Gasteiger partial charge in [-0.3, -0.25) is 9.59 Å². The number of carbonyl (C=O) groups excluding carboxylic acids is 3. The third-order valence-corrected chi connectivity index (χ3v) is 5.33. The van der Waals surface area contributed by atoms with E-state index in [1.807, 2.05) is 30.3 Å². The molecular weight excluding hydrogens is 384 g/mol. The van der Waals surface area contributed by atoms with E-state index in [0.29, 0.717) is 13.0 Å². The maximum atomic E-state index is 13.1. The number of likely N-dealkylation sites (tertiary alicyclic amines) is 1. The fourth-order valence-corrected chi connectivity index (χ4v) is 3.86. The highest BCUT2D eigenvalue weighted by Crippen LogP contribution is 2.25. The van der Waals surface area contributed by atoms with Crippen molar-refractivity contribution in [3.05, 3.63) is 35.9 Å². The summed E-state index contributed by atoms with van der Waals surface area (Å²) in [4.78, 5) is 38.9. The van der Waals surface area contributed by atoms with Gasteiger partial charge in [0.1, 0.15) is 11.6 Å². The first-order chi connectivity index (χ1) is 14.2. The molecule has 30 heavy (non-hydrogen) atoms. The molecule has 1 aromatic rings. The number of carbonyl (C=O) groups is 3. The van der Waals surface area contributed by atoms with E-state index < -0.39 is 29.6 Å². The second kappa shape index (κ2) is 10.6. The molecular formula is C23H34N2O5. The molecule has 2 amide bonds. The van der Waals surface area contributed by atoms with Crippen molar-refractivity contribution in [3.63, 3.8) is 0 Å². The van der Waals surface area contributed by atoms with E-state index in [9.17, 15) is 14.4 Å². The van der Waals surface area contributed by atoms with Gasteiger partial charge in [0.15, 0.2) is 0 Å². The predicted molar refractivity (Wildman–Crippen MR) is 114 cm³/mol. The molecule has 0 aromatic heterocycles. The highest BCUT2D eigenvalue weighted by molar-refractivity contribution is 5.86. The SMILES string of the molecule is COC(C(C)C(=O)NC(Cc1ccccc1)C(=O)OC(C)(C)C)C1CCCN1C=O. The van der Waals surface area contributed by atoms with Gasteiger partial charge in [0, 0.05) is 20.1 Å². The lowest BCUT2D eigenvalue weighted by Gasteiger charge is -2.32. The molecule has 0 aliphatic carbocycles. The van der Waals surface area contributed by atoms with Gasteiger partial charge in [-0.05, 0) is 39.2 Å². The number of ether oxygens (including phenoxy) is 2. The van der Waals surface area contributed by atoms with Crippen LogP contribution in [0.1, 0.15) is 46.1 Å². The first kappa shape index (κ1) is 23.9. The van der Waals surface area contributed by atoms with E-state index in [0.717, 1.165) is 24.8 Å². The van der Waals surface area contributed by atoms with Crippen LogP contribution in [-0.2, 0) is 30.3 Å². The maximum Gasteiger partial charge on any atom is 0.329 e. The molecule has 1 fully saturated rings. The fraction of sp³-hybridized carbons (Fsp3) is 0.609. The van der Waals surface area contributed by atoms with E-state index in [2.05, 4.69) is 5.32 Å². The summed E-state index contributed by atoms with van der Waals surface area (Å²) in [5.74, 6) is -1.32. The van der Waals surface area contributed by atoms with E-state index in [4.69, 9.17) is 9.47 Å². The number of nitrogens with one attached hydrogen (secondary N) is 1. The number of hydrogen-bond acceptors (Lipinski definition) is 5. The molecule has 1 aliphatic rings. The Bertz CT molecular complexity index is 716. The van der Waals surface area contributed by atoms with Crippen molar-refractivity contribution in [1.29, 1.82) is 0 Å². The van der Waals surface area contributed by atoms with Gasteiger partial charge >= 0.3 is 5.97 Å². The van der Waals surface area contributed by atoms with Crippen LogP contribution in [0.15, 0.2) is 30.3 Å². The van der Waals surface area contributed by atoms with Gasteiger partial charge in [0.2, 0.25) is 12.3 Å². The van der Waals surface area contributed by atoms with Crippen molar-refractivity contribution < 1.29 is 23.9 Å². The van der Waals surface area contributed by atoms with Crippen LogP contribution in [-0.4, -0.2) is 60.6 Å². The lowest BCUT2D eigenvalue weighted by Crippen LogP contribution is -2.52. The summed E-state index contributed by atoms with van der Waals surface area (Å²) in [5, 5.41) is 2.86. The molecule has 0 spiro atoms. The Morgan fingerprint density at radius 1 is 1.27 bits per heavy atom. The number of benzene rings is 1. The summed E-state index contributed by atoms with van der Waals surface area (Å²) in [6, 6.07) is 8.53. The van der Waals surface area contributed by atoms with Crippen LogP contribution in [0.5, 0.6) is 0 Å². The molecule has 2 rings (SSSR count). The first-order valence-corrected chi connectivity index (χ1v) is 10.5. The molecule has 7 nitrogen and oxygen atoms in total. The van der Waals surface area contributed by atoms with Gasteiger partial charge in [0.25, 0.3) is 0 Å². The third-order valence-electron chi connectivity index (χ3n) is 5.33. The van der Waals surface area contributed by atoms with Crippen LogP contribution < -0.4 is 5.32 Å². The highest BCUT2D eigenvalue weighted by atomic mass is 16.6. The van der Waals surface area contributed by atoms with E-state index >= 15 is 0 Å². The van der Waals surface area contributed by atoms with Crippen LogP contribution in [0.4, 0.5) is 0 Å². The Labute approximate surface area is 179 Å². The van der Waals surface area contributed by atoms with Gasteiger partial charge in [-0.15, -0.1) is 0 Å². The molecule has 0 saturated carbocycles. The predicted octanol–water partition coefficient (Wildman–Crippen LogP) is 2.33. The van der Waals surface area contributed by atoms with Gasteiger partial charge in [-0.1, -0.05) is 37.3 Å². The Kier molecular flexibility index (Phi) is 8.41. The zero-order chi connectivity index (χ0) is 22.3. The standard InChI is InChI=1S/C23H34N2O5/c1-16(20(29-5)19-12-9-13-25(19)15-26)21(27)24-18(22(28)30-23(2,3)4)14-17-10-7-6-8-11-17/h6-8,10-11,15-16,18-20H,9,12-14H2,1-5H3,(H,24,27). The van der Waals surface area contributed by atoms with E-state index in [-0.39, 0.29) is 11.9 Å². The van der Waals surface area contributed by atoms with Crippen molar-refractivity contribution >= 4 is 18.3 Å². The molecule has 0 bridgehead atoms. The number of rotatable bonds is 9. The van der Waals surface area contributed by atoms with Crippen molar-refractivity contribution in [2.24, 2.45) is 5.92 Å². The summed E-state index contributed by atoms with van der Waals surface area (Å²) < 4.78 is 11.1. The second-order valence-corrected chi connectivity index (χ2v) is 8.83. The van der Waals surface area contributed by atoms with Crippen LogP contribution in [0.3, 0.4) is 0 Å². The van der Waals surface area contributed by atoms with Gasteiger partial charge in [-0.2, -0.15) is 0 Å². The lowest BCUT2D eigenvalue weighted by molar-refractivity contribution is -0.159. The largest absolute Gasteiger partial charge is 0.458 e. The van der Waals surface area contributed by atoms with Crippen LogP contribution >= 0.6 is 0 Å². The molecule has 4 atom stereocenters. The van der Waals surface area contributed by atoms with Crippen LogP contribution in [0.2, 0.25) is 0 Å². The van der Waals surface area contributed by atoms with E-state index in [1.165, 1.54) is 0 Å². The topological polar surface area (TPSA) is 84.9 Å². The average molecular weight is 419 g/mol. The molecule has 7 heteroatoms. The summed E-state index contributed by atoms with van der Waals surface area (Å²) >= 11 is 0. The summed E-state index contributed by atoms with van der Waals surface area (Å²) in [7, 11) is 1.55. The number of nitrogens with zero attached hydrogens (tertiary/aromatic N) is 1. The monoisotopic (exact) mass is 418 g/mol. The first-order valence-electron chi connectivity index (χ1n) is 10.5. The van der Waals surface area contributed by atoms with Gasteiger partial charge < -0.3 is 19.7 Å². The Morgan fingerprint density at radius 2 is 1.93 bits per heavy atom. The lowest BCUT2D eigenvalue weighted by atomic mass is 9.94. The number of amides is 2. The van der Waals surface area contributed by atoms with Gasteiger partial charge in [0.05, 0.1) is 18.1 Å². The third kappa shape index (κ3) is 6.55. The Balaban J connectivity index is 2.14. The average Bonchev–Trinajstić information content (AvgIpc) is 3.15. The Morgan fingerprint density at radius 3 is 2.50 bits per heavy atom. The van der Waals surface area contributed by atoms with Crippen molar-refractivity contribution in [3.8, 4) is 0 Å². The summed E-state index contributed by atoms with van der Waals surface area (Å²) in [6.07, 6.45) is 2.36. The molecule has 1 saturated heterocycles. The molecule has 1 aliphatic heterocycles. The van der Waals surface area contributed by atoms with E-state index in [1.54, 1.807) is 39.7 Å². The van der Waals surface area contributed by atoms with Gasteiger partial charge in [-0.25, -0.2) is 4.79 Å². The minimum Gasteiger partial charge on any atom is -0.458 e. The quantitative estimate of drug-likeness (QED) is 0.491. The molecule has 166 valence electrons.